The molecule has 0 fully saturated rings. The maximum absolute atomic E-state index is 6.02. The quantitative estimate of drug-likeness (QED) is 0.588. The third-order valence-electron chi connectivity index (χ3n) is 3.47. The van der Waals surface area contributed by atoms with Gasteiger partial charge in [0.1, 0.15) is 11.5 Å². The molecule has 0 radical (unpaired) electrons. The molecule has 130 valence electrons. The van der Waals surface area contributed by atoms with Gasteiger partial charge < -0.3 is 9.47 Å². The van der Waals surface area contributed by atoms with E-state index in [2.05, 4.69) is 20.4 Å². The smallest absolute Gasteiger partial charge is 0.120 e. The van der Waals surface area contributed by atoms with Crippen molar-refractivity contribution in [1.82, 2.24) is 0 Å². The molecular formula is C20H24Cl2O2. The summed E-state index contributed by atoms with van der Waals surface area (Å²) in [7, 11) is 3.26. The first-order chi connectivity index (χ1) is 11.3. The Morgan fingerprint density at radius 1 is 0.917 bits per heavy atom. The Balaban J connectivity index is 0.000000240. The van der Waals surface area contributed by atoms with Crippen molar-refractivity contribution in [3.8, 4) is 11.5 Å². The molecule has 0 saturated heterocycles. The van der Waals surface area contributed by atoms with Crippen LogP contribution in [0.3, 0.4) is 0 Å². The van der Waals surface area contributed by atoms with Gasteiger partial charge in [-0.15, -0.1) is 0 Å². The molecular weight excluding hydrogens is 343 g/mol. The van der Waals surface area contributed by atoms with E-state index in [0.29, 0.717) is 10.9 Å². The van der Waals surface area contributed by atoms with Crippen LogP contribution in [0.4, 0.5) is 0 Å². The summed E-state index contributed by atoms with van der Waals surface area (Å²) in [6.07, 6.45) is 0. The van der Waals surface area contributed by atoms with Crippen LogP contribution in [-0.4, -0.2) is 14.2 Å². The minimum atomic E-state index is 0.461. The molecule has 0 bridgehead atoms. The van der Waals surface area contributed by atoms with Crippen molar-refractivity contribution in [3.05, 3.63) is 64.1 Å². The summed E-state index contributed by atoms with van der Waals surface area (Å²) < 4.78 is 10.1. The summed E-state index contributed by atoms with van der Waals surface area (Å²) in [6.45, 7) is 9.98. The van der Waals surface area contributed by atoms with E-state index in [9.17, 15) is 0 Å². The van der Waals surface area contributed by atoms with E-state index in [1.807, 2.05) is 37.3 Å². The third-order valence-corrected chi connectivity index (χ3v) is 4.11. The largest absolute Gasteiger partial charge is 0.497 e. The maximum Gasteiger partial charge on any atom is 0.120 e. The van der Waals surface area contributed by atoms with Crippen molar-refractivity contribution < 1.29 is 9.47 Å². The topological polar surface area (TPSA) is 18.5 Å². The minimum absolute atomic E-state index is 0.461. The van der Waals surface area contributed by atoms with Gasteiger partial charge in [0.15, 0.2) is 0 Å². The number of hydrogen-bond donors (Lipinski definition) is 0. The van der Waals surface area contributed by atoms with E-state index < -0.39 is 0 Å². The predicted octanol–water partition coefficient (Wildman–Crippen LogP) is 6.85. The zero-order valence-electron chi connectivity index (χ0n) is 14.8. The number of allylic oxidation sites excluding steroid dienone is 1. The molecule has 24 heavy (non-hydrogen) atoms. The normalized spacial score (nSPS) is 10.0. The molecule has 0 aliphatic rings. The lowest BCUT2D eigenvalue weighted by molar-refractivity contribution is 0.414. The molecule has 2 rings (SSSR count). The summed E-state index contributed by atoms with van der Waals surface area (Å²) in [5, 5.41) is 1.46. The highest BCUT2D eigenvalue weighted by molar-refractivity contribution is 6.32. The minimum Gasteiger partial charge on any atom is -0.497 e. The Hall–Kier alpha value is -1.64. The lowest BCUT2D eigenvalue weighted by atomic mass is 10.0. The fraction of sp³-hybridized carbons (Fsp3) is 0.300. The van der Waals surface area contributed by atoms with Gasteiger partial charge in [-0.1, -0.05) is 49.7 Å². The van der Waals surface area contributed by atoms with E-state index in [4.69, 9.17) is 32.7 Å². The Morgan fingerprint density at radius 3 is 1.79 bits per heavy atom. The Labute approximate surface area is 155 Å². The standard InChI is InChI=1S/C10H13ClO.C10H11ClO/c2*1-7(2)9-5-4-8(12-3)6-10(9)11/h4-7H,1-3H3;4-6H,1H2,2-3H3. The first-order valence-electron chi connectivity index (χ1n) is 7.63. The van der Waals surface area contributed by atoms with Gasteiger partial charge in [0.2, 0.25) is 0 Å². The van der Waals surface area contributed by atoms with Crippen LogP contribution in [0.2, 0.25) is 10.0 Å². The molecule has 0 aliphatic heterocycles. The lowest BCUT2D eigenvalue weighted by Crippen LogP contribution is -1.90. The highest BCUT2D eigenvalue weighted by atomic mass is 35.5. The van der Waals surface area contributed by atoms with Crippen LogP contribution < -0.4 is 9.47 Å². The molecule has 0 atom stereocenters. The molecule has 0 spiro atoms. The van der Waals surface area contributed by atoms with Crippen molar-refractivity contribution in [2.45, 2.75) is 26.7 Å². The monoisotopic (exact) mass is 366 g/mol. The van der Waals surface area contributed by atoms with E-state index in [1.165, 1.54) is 0 Å². The van der Waals surface area contributed by atoms with Crippen molar-refractivity contribution >= 4 is 28.8 Å². The summed E-state index contributed by atoms with van der Waals surface area (Å²) in [5.41, 5.74) is 3.09. The van der Waals surface area contributed by atoms with Crippen molar-refractivity contribution in [2.75, 3.05) is 14.2 Å². The molecule has 2 nitrogen and oxygen atoms in total. The Morgan fingerprint density at radius 2 is 1.42 bits per heavy atom. The van der Waals surface area contributed by atoms with Gasteiger partial charge in [0, 0.05) is 5.02 Å². The van der Waals surface area contributed by atoms with Crippen molar-refractivity contribution in [1.29, 1.82) is 0 Å². The highest BCUT2D eigenvalue weighted by Gasteiger charge is 2.05. The third kappa shape index (κ3) is 5.77. The first kappa shape index (κ1) is 20.4. The molecule has 0 heterocycles. The van der Waals surface area contributed by atoms with Crippen LogP contribution in [0.5, 0.6) is 11.5 Å². The van der Waals surface area contributed by atoms with Gasteiger partial charge >= 0.3 is 0 Å². The Bertz CT molecular complexity index is 694. The second-order valence-electron chi connectivity index (χ2n) is 5.67. The molecule has 2 aromatic rings. The highest BCUT2D eigenvalue weighted by Crippen LogP contribution is 2.28. The fourth-order valence-corrected chi connectivity index (χ4v) is 2.79. The van der Waals surface area contributed by atoms with Crippen LogP contribution in [0.25, 0.3) is 5.57 Å². The number of hydrogen-bond acceptors (Lipinski definition) is 2. The second-order valence-corrected chi connectivity index (χ2v) is 6.48. The summed E-state index contributed by atoms with van der Waals surface area (Å²) in [4.78, 5) is 0. The van der Waals surface area contributed by atoms with Crippen molar-refractivity contribution in [3.63, 3.8) is 0 Å². The van der Waals surface area contributed by atoms with E-state index in [1.54, 1.807) is 20.3 Å². The maximum atomic E-state index is 6.02. The number of halogens is 2. The van der Waals surface area contributed by atoms with Crippen LogP contribution in [0, 0.1) is 0 Å². The van der Waals surface area contributed by atoms with Gasteiger partial charge in [0.05, 0.1) is 19.2 Å². The van der Waals surface area contributed by atoms with Gasteiger partial charge in [-0.2, -0.15) is 0 Å². The van der Waals surface area contributed by atoms with Crippen LogP contribution >= 0.6 is 23.2 Å². The molecule has 0 N–H and O–H groups in total. The molecule has 0 saturated carbocycles. The van der Waals surface area contributed by atoms with E-state index >= 15 is 0 Å². The number of benzene rings is 2. The van der Waals surface area contributed by atoms with Gasteiger partial charge in [-0.3, -0.25) is 0 Å². The predicted molar refractivity (Wildman–Crippen MR) is 105 cm³/mol. The number of methoxy groups -OCH3 is 2. The molecule has 0 amide bonds. The second kappa shape index (κ2) is 9.61. The zero-order valence-corrected chi connectivity index (χ0v) is 16.3. The molecule has 2 aromatic carbocycles. The van der Waals surface area contributed by atoms with Crippen LogP contribution in [0.15, 0.2) is 43.0 Å². The zero-order chi connectivity index (χ0) is 18.3. The average Bonchev–Trinajstić information content (AvgIpc) is 2.54. The lowest BCUT2D eigenvalue weighted by Gasteiger charge is -2.08. The van der Waals surface area contributed by atoms with Crippen LogP contribution in [-0.2, 0) is 0 Å². The average molecular weight is 367 g/mol. The summed E-state index contributed by atoms with van der Waals surface area (Å²) in [6, 6.07) is 11.3. The summed E-state index contributed by atoms with van der Waals surface area (Å²) in [5.74, 6) is 2.04. The molecule has 4 heteroatoms. The first-order valence-corrected chi connectivity index (χ1v) is 8.38. The number of ether oxygens (including phenoxy) is 2. The van der Waals surface area contributed by atoms with E-state index in [0.717, 1.165) is 33.2 Å². The van der Waals surface area contributed by atoms with E-state index in [-0.39, 0.29) is 0 Å². The van der Waals surface area contributed by atoms with Gasteiger partial charge in [0.25, 0.3) is 0 Å². The molecule has 0 unspecified atom stereocenters. The SMILES string of the molecule is C=C(C)c1ccc(OC)cc1Cl.COc1ccc(C(C)C)c(Cl)c1. The van der Waals surface area contributed by atoms with Gasteiger partial charge in [-0.25, -0.2) is 0 Å². The summed E-state index contributed by atoms with van der Waals surface area (Å²) >= 11 is 12.0. The van der Waals surface area contributed by atoms with Gasteiger partial charge in [-0.05, 0) is 59.9 Å². The molecule has 0 aliphatic carbocycles. The van der Waals surface area contributed by atoms with Crippen molar-refractivity contribution in [2.24, 2.45) is 0 Å². The molecule has 0 aromatic heterocycles. The fourth-order valence-electron chi connectivity index (χ4n) is 2.07. The Kier molecular flexibility index (Phi) is 8.17. The number of rotatable bonds is 4. The van der Waals surface area contributed by atoms with Crippen LogP contribution in [0.1, 0.15) is 37.8 Å².